The van der Waals surface area contributed by atoms with Gasteiger partial charge in [0.25, 0.3) is 5.91 Å². The second-order valence-electron chi connectivity index (χ2n) is 5.27. The van der Waals surface area contributed by atoms with Crippen molar-refractivity contribution in [1.29, 1.82) is 0 Å². The summed E-state index contributed by atoms with van der Waals surface area (Å²) in [6.45, 7) is 4.03. The molecule has 0 heterocycles. The minimum Gasteiger partial charge on any atom is -0.478 e. The minimum atomic E-state index is -0.973. The molecule has 0 aromatic heterocycles. The SMILES string of the molecule is CC(C)N(C(=O)c1ccc(C(=O)O)cc1)C1CCC1. The Morgan fingerprint density at radius 2 is 1.68 bits per heavy atom. The summed E-state index contributed by atoms with van der Waals surface area (Å²) in [5, 5.41) is 8.85. The van der Waals surface area contributed by atoms with Gasteiger partial charge in [-0.1, -0.05) is 0 Å². The number of hydrogen-bond acceptors (Lipinski definition) is 2. The fourth-order valence-corrected chi connectivity index (χ4v) is 2.39. The number of carbonyl (C=O) groups excluding carboxylic acids is 1. The summed E-state index contributed by atoms with van der Waals surface area (Å²) in [6.07, 6.45) is 3.31. The Morgan fingerprint density at radius 3 is 2.05 bits per heavy atom. The zero-order valence-corrected chi connectivity index (χ0v) is 11.3. The lowest BCUT2D eigenvalue weighted by molar-refractivity contribution is 0.0488. The van der Waals surface area contributed by atoms with Crippen LogP contribution in [0.15, 0.2) is 24.3 Å². The van der Waals surface area contributed by atoms with Gasteiger partial charge in [-0.05, 0) is 57.4 Å². The molecule has 2 rings (SSSR count). The van der Waals surface area contributed by atoms with Crippen molar-refractivity contribution in [2.24, 2.45) is 0 Å². The van der Waals surface area contributed by atoms with Crippen LogP contribution in [0.4, 0.5) is 0 Å². The number of amides is 1. The summed E-state index contributed by atoms with van der Waals surface area (Å²) in [4.78, 5) is 25.2. The summed E-state index contributed by atoms with van der Waals surface area (Å²) in [6, 6.07) is 6.66. The maximum absolute atomic E-state index is 12.5. The molecular weight excluding hydrogens is 242 g/mol. The summed E-state index contributed by atoms with van der Waals surface area (Å²) in [7, 11) is 0. The Morgan fingerprint density at radius 1 is 1.16 bits per heavy atom. The molecule has 4 nitrogen and oxygen atoms in total. The number of benzene rings is 1. The van der Waals surface area contributed by atoms with Gasteiger partial charge in [0.05, 0.1) is 5.56 Å². The number of hydrogen-bond donors (Lipinski definition) is 1. The van der Waals surface area contributed by atoms with Gasteiger partial charge >= 0.3 is 5.97 Å². The highest BCUT2D eigenvalue weighted by Gasteiger charge is 2.31. The van der Waals surface area contributed by atoms with Crippen LogP contribution in [0.2, 0.25) is 0 Å². The van der Waals surface area contributed by atoms with Gasteiger partial charge in [-0.2, -0.15) is 0 Å². The van der Waals surface area contributed by atoms with Crippen molar-refractivity contribution in [3.05, 3.63) is 35.4 Å². The molecule has 1 aromatic rings. The predicted octanol–water partition coefficient (Wildman–Crippen LogP) is 2.79. The lowest BCUT2D eigenvalue weighted by atomic mass is 9.90. The van der Waals surface area contributed by atoms with Crippen molar-refractivity contribution in [1.82, 2.24) is 4.90 Å². The molecule has 0 saturated heterocycles. The van der Waals surface area contributed by atoms with Crippen molar-refractivity contribution in [3.63, 3.8) is 0 Å². The van der Waals surface area contributed by atoms with Gasteiger partial charge in [0.15, 0.2) is 0 Å². The van der Waals surface area contributed by atoms with Gasteiger partial charge in [-0.3, -0.25) is 4.79 Å². The third-order valence-electron chi connectivity index (χ3n) is 3.64. The molecule has 0 atom stereocenters. The molecule has 0 bridgehead atoms. The third-order valence-corrected chi connectivity index (χ3v) is 3.64. The molecule has 0 spiro atoms. The first-order valence-electron chi connectivity index (χ1n) is 6.66. The number of rotatable bonds is 4. The Kier molecular flexibility index (Phi) is 3.88. The molecule has 1 amide bonds. The molecule has 1 fully saturated rings. The molecular formula is C15H19NO3. The van der Waals surface area contributed by atoms with Gasteiger partial charge in [0.2, 0.25) is 0 Å². The van der Waals surface area contributed by atoms with E-state index in [0.717, 1.165) is 12.8 Å². The van der Waals surface area contributed by atoms with Crippen molar-refractivity contribution in [3.8, 4) is 0 Å². The van der Waals surface area contributed by atoms with Gasteiger partial charge in [0, 0.05) is 17.6 Å². The van der Waals surface area contributed by atoms with Gasteiger partial charge in [0.1, 0.15) is 0 Å². The maximum Gasteiger partial charge on any atom is 0.335 e. The van der Waals surface area contributed by atoms with E-state index in [9.17, 15) is 9.59 Å². The number of nitrogens with zero attached hydrogens (tertiary/aromatic N) is 1. The minimum absolute atomic E-state index is 0.00311. The van der Waals surface area contributed by atoms with E-state index in [4.69, 9.17) is 5.11 Å². The van der Waals surface area contributed by atoms with Crippen molar-refractivity contribution in [2.75, 3.05) is 0 Å². The van der Waals surface area contributed by atoms with Crippen LogP contribution in [0.3, 0.4) is 0 Å². The molecule has 0 radical (unpaired) electrons. The Balaban J connectivity index is 2.19. The van der Waals surface area contributed by atoms with Crippen LogP contribution in [-0.2, 0) is 0 Å². The van der Waals surface area contributed by atoms with Crippen molar-refractivity contribution >= 4 is 11.9 Å². The topological polar surface area (TPSA) is 57.6 Å². The molecule has 0 aliphatic heterocycles. The monoisotopic (exact) mass is 261 g/mol. The first-order chi connectivity index (χ1) is 9.00. The summed E-state index contributed by atoms with van der Waals surface area (Å²) in [5.41, 5.74) is 0.766. The Bertz CT molecular complexity index is 475. The molecule has 1 saturated carbocycles. The lowest BCUT2D eigenvalue weighted by Crippen LogP contribution is -2.48. The van der Waals surface area contributed by atoms with E-state index < -0.39 is 5.97 Å². The zero-order valence-electron chi connectivity index (χ0n) is 11.3. The first-order valence-corrected chi connectivity index (χ1v) is 6.66. The maximum atomic E-state index is 12.5. The zero-order chi connectivity index (χ0) is 14.0. The van der Waals surface area contributed by atoms with Gasteiger partial charge in [-0.25, -0.2) is 4.79 Å². The number of aromatic carboxylic acids is 1. The number of carboxylic acid groups (broad SMARTS) is 1. The fraction of sp³-hybridized carbons (Fsp3) is 0.467. The van der Waals surface area contributed by atoms with E-state index in [2.05, 4.69) is 0 Å². The molecule has 4 heteroatoms. The second-order valence-corrected chi connectivity index (χ2v) is 5.27. The van der Waals surface area contributed by atoms with E-state index in [1.165, 1.54) is 18.6 Å². The highest BCUT2D eigenvalue weighted by Crippen LogP contribution is 2.28. The van der Waals surface area contributed by atoms with E-state index in [1.54, 1.807) is 12.1 Å². The average Bonchev–Trinajstić information content (AvgIpc) is 2.32. The van der Waals surface area contributed by atoms with Crippen LogP contribution in [0.5, 0.6) is 0 Å². The van der Waals surface area contributed by atoms with Crippen LogP contribution in [0.1, 0.15) is 53.8 Å². The molecule has 1 aliphatic rings. The van der Waals surface area contributed by atoms with Crippen LogP contribution in [-0.4, -0.2) is 34.0 Å². The summed E-state index contributed by atoms with van der Waals surface area (Å²) in [5.74, 6) is -0.977. The highest BCUT2D eigenvalue weighted by molar-refractivity contribution is 5.96. The normalized spacial score (nSPS) is 15.1. The van der Waals surface area contributed by atoms with Crippen LogP contribution < -0.4 is 0 Å². The van der Waals surface area contributed by atoms with E-state index in [1.807, 2.05) is 18.7 Å². The molecule has 1 aliphatic carbocycles. The summed E-state index contributed by atoms with van der Waals surface area (Å²) >= 11 is 0. The van der Waals surface area contributed by atoms with Crippen molar-refractivity contribution < 1.29 is 14.7 Å². The van der Waals surface area contributed by atoms with Crippen LogP contribution >= 0.6 is 0 Å². The smallest absolute Gasteiger partial charge is 0.335 e. The lowest BCUT2D eigenvalue weighted by Gasteiger charge is -2.40. The number of carboxylic acids is 1. The Hall–Kier alpha value is -1.84. The molecule has 1 N–H and O–H groups in total. The Labute approximate surface area is 113 Å². The number of carbonyl (C=O) groups is 2. The third kappa shape index (κ3) is 2.78. The van der Waals surface area contributed by atoms with E-state index >= 15 is 0 Å². The van der Waals surface area contributed by atoms with E-state index in [-0.39, 0.29) is 17.5 Å². The van der Waals surface area contributed by atoms with Crippen molar-refractivity contribution in [2.45, 2.75) is 45.2 Å². The molecule has 102 valence electrons. The highest BCUT2D eigenvalue weighted by atomic mass is 16.4. The standard InChI is InChI=1S/C15H19NO3/c1-10(2)16(13-4-3-5-13)14(17)11-6-8-12(9-7-11)15(18)19/h6-10,13H,3-5H2,1-2H3,(H,18,19). The quantitative estimate of drug-likeness (QED) is 0.906. The van der Waals surface area contributed by atoms with Gasteiger partial charge in [-0.15, -0.1) is 0 Å². The van der Waals surface area contributed by atoms with E-state index in [0.29, 0.717) is 11.6 Å². The molecule has 1 aromatic carbocycles. The average molecular weight is 261 g/mol. The fourth-order valence-electron chi connectivity index (χ4n) is 2.39. The predicted molar refractivity (Wildman–Crippen MR) is 72.3 cm³/mol. The molecule has 19 heavy (non-hydrogen) atoms. The van der Waals surface area contributed by atoms with Crippen LogP contribution in [0.25, 0.3) is 0 Å². The largest absolute Gasteiger partial charge is 0.478 e. The van der Waals surface area contributed by atoms with Gasteiger partial charge < -0.3 is 10.0 Å². The second kappa shape index (κ2) is 5.43. The molecule has 0 unspecified atom stereocenters. The van der Waals surface area contributed by atoms with Crippen LogP contribution in [0, 0.1) is 0 Å². The first kappa shape index (κ1) is 13.6. The summed E-state index contributed by atoms with van der Waals surface area (Å²) < 4.78 is 0.